The van der Waals surface area contributed by atoms with E-state index in [1.54, 1.807) is 0 Å². The zero-order valence-corrected chi connectivity index (χ0v) is 14.6. The predicted octanol–water partition coefficient (Wildman–Crippen LogP) is 3.73. The fourth-order valence-electron chi connectivity index (χ4n) is 1.80. The Labute approximate surface area is 139 Å². The van der Waals surface area contributed by atoms with Crippen molar-refractivity contribution in [3.8, 4) is 5.69 Å². The van der Waals surface area contributed by atoms with Gasteiger partial charge in [-0.1, -0.05) is 30.3 Å². The molecule has 0 fully saturated rings. The van der Waals surface area contributed by atoms with Crippen molar-refractivity contribution in [2.24, 2.45) is 0 Å². The summed E-state index contributed by atoms with van der Waals surface area (Å²) >= 11 is 10.9. The maximum atomic E-state index is 10.8. The first-order valence-corrected chi connectivity index (χ1v) is 8.34. The molecule has 0 aliphatic rings. The Morgan fingerprint density at radius 1 is 1.48 bits per heavy atom. The van der Waals surface area contributed by atoms with Gasteiger partial charge in [-0.15, -0.1) is 10.2 Å². The van der Waals surface area contributed by atoms with Gasteiger partial charge < -0.3 is 5.11 Å². The fraction of sp³-hybridized carbons (Fsp3) is 0.308. The SMILES string of the molecule is CCc1nnc(SCC(=O)O)n1-c1cc(Cl)c(C)cc1Br. The molecule has 0 amide bonds. The molecule has 0 saturated heterocycles. The van der Waals surface area contributed by atoms with Crippen molar-refractivity contribution in [3.05, 3.63) is 33.0 Å². The molecule has 0 unspecified atom stereocenters. The van der Waals surface area contributed by atoms with E-state index >= 15 is 0 Å². The van der Waals surface area contributed by atoms with Gasteiger partial charge in [0.25, 0.3) is 0 Å². The number of carbonyl (C=O) groups is 1. The summed E-state index contributed by atoms with van der Waals surface area (Å²) in [4.78, 5) is 10.8. The largest absolute Gasteiger partial charge is 0.481 e. The molecular weight excluding hydrogens is 378 g/mol. The third kappa shape index (κ3) is 3.59. The van der Waals surface area contributed by atoms with E-state index in [2.05, 4.69) is 26.1 Å². The quantitative estimate of drug-likeness (QED) is 0.788. The summed E-state index contributed by atoms with van der Waals surface area (Å²) in [5, 5.41) is 18.2. The molecular formula is C13H13BrClN3O2S. The van der Waals surface area contributed by atoms with Crippen LogP contribution in [-0.2, 0) is 11.2 Å². The topological polar surface area (TPSA) is 68.0 Å². The van der Waals surface area contributed by atoms with E-state index in [-0.39, 0.29) is 5.75 Å². The lowest BCUT2D eigenvalue weighted by Crippen LogP contribution is -2.05. The molecule has 1 heterocycles. The monoisotopic (exact) mass is 389 g/mol. The maximum Gasteiger partial charge on any atom is 0.313 e. The molecule has 8 heteroatoms. The molecule has 21 heavy (non-hydrogen) atoms. The minimum atomic E-state index is -0.895. The summed E-state index contributed by atoms with van der Waals surface area (Å²) in [6, 6.07) is 3.75. The summed E-state index contributed by atoms with van der Waals surface area (Å²) in [6.45, 7) is 3.89. The van der Waals surface area contributed by atoms with Crippen LogP contribution in [0.5, 0.6) is 0 Å². The second-order valence-corrected chi connectivity index (χ2v) is 6.53. The Hall–Kier alpha value is -1.05. The number of carboxylic acid groups (broad SMARTS) is 1. The van der Waals surface area contributed by atoms with Crippen molar-refractivity contribution in [1.82, 2.24) is 14.8 Å². The third-order valence-corrected chi connectivity index (χ3v) is 4.77. The Morgan fingerprint density at radius 3 is 2.81 bits per heavy atom. The highest BCUT2D eigenvalue weighted by atomic mass is 79.9. The predicted molar refractivity (Wildman–Crippen MR) is 86.5 cm³/mol. The van der Waals surface area contributed by atoms with Crippen molar-refractivity contribution in [1.29, 1.82) is 0 Å². The van der Waals surface area contributed by atoms with Crippen molar-refractivity contribution in [2.45, 2.75) is 25.4 Å². The number of aromatic nitrogens is 3. The van der Waals surface area contributed by atoms with Crippen LogP contribution in [0.4, 0.5) is 0 Å². The van der Waals surface area contributed by atoms with Crippen LogP contribution in [-0.4, -0.2) is 31.6 Å². The van der Waals surface area contributed by atoms with Crippen LogP contribution in [0.1, 0.15) is 18.3 Å². The highest BCUT2D eigenvalue weighted by Gasteiger charge is 2.17. The molecule has 2 aromatic rings. The number of nitrogens with zero attached hydrogens (tertiary/aromatic N) is 3. The molecule has 0 aliphatic heterocycles. The van der Waals surface area contributed by atoms with Gasteiger partial charge in [0, 0.05) is 15.9 Å². The second kappa shape index (κ2) is 6.81. The zero-order chi connectivity index (χ0) is 15.6. The van der Waals surface area contributed by atoms with Gasteiger partial charge in [-0.05, 0) is 40.5 Å². The Morgan fingerprint density at radius 2 is 2.19 bits per heavy atom. The standard InChI is InChI=1S/C13H13BrClN3O2S/c1-3-11-16-17-13(21-6-12(19)20)18(11)10-5-9(15)7(2)4-8(10)14/h4-5H,3,6H2,1-2H3,(H,19,20). The Kier molecular flexibility index (Phi) is 5.29. The molecule has 5 nitrogen and oxygen atoms in total. The highest BCUT2D eigenvalue weighted by molar-refractivity contribution is 9.10. The van der Waals surface area contributed by atoms with E-state index in [1.807, 2.05) is 30.5 Å². The minimum Gasteiger partial charge on any atom is -0.481 e. The first kappa shape index (κ1) is 16.3. The summed E-state index contributed by atoms with van der Waals surface area (Å²) in [6.07, 6.45) is 0.679. The fourth-order valence-corrected chi connectivity index (χ4v) is 3.28. The lowest BCUT2D eigenvalue weighted by molar-refractivity contribution is -0.133. The average molecular weight is 391 g/mol. The molecule has 1 N–H and O–H groups in total. The smallest absolute Gasteiger partial charge is 0.313 e. The molecule has 0 bridgehead atoms. The number of benzene rings is 1. The van der Waals surface area contributed by atoms with Gasteiger partial charge in [-0.3, -0.25) is 9.36 Å². The summed E-state index contributed by atoms with van der Waals surface area (Å²) in [5.41, 5.74) is 1.76. The summed E-state index contributed by atoms with van der Waals surface area (Å²) in [5.74, 6) is -0.212. The molecule has 0 saturated carbocycles. The van der Waals surface area contributed by atoms with Gasteiger partial charge in [0.1, 0.15) is 5.82 Å². The molecule has 1 aromatic heterocycles. The van der Waals surface area contributed by atoms with Crippen LogP contribution in [0.25, 0.3) is 5.69 Å². The van der Waals surface area contributed by atoms with E-state index in [1.165, 1.54) is 0 Å². The molecule has 0 aliphatic carbocycles. The van der Waals surface area contributed by atoms with Crippen molar-refractivity contribution in [3.63, 3.8) is 0 Å². The summed E-state index contributed by atoms with van der Waals surface area (Å²) in [7, 11) is 0. The molecule has 0 atom stereocenters. The number of halogens is 2. The lowest BCUT2D eigenvalue weighted by atomic mass is 10.2. The maximum absolute atomic E-state index is 10.8. The number of hydrogen-bond donors (Lipinski definition) is 1. The molecule has 112 valence electrons. The van der Waals surface area contributed by atoms with E-state index in [4.69, 9.17) is 16.7 Å². The van der Waals surface area contributed by atoms with Crippen molar-refractivity contribution < 1.29 is 9.90 Å². The molecule has 2 rings (SSSR count). The van der Waals surface area contributed by atoms with Gasteiger partial charge in [0.05, 0.1) is 11.4 Å². The second-order valence-electron chi connectivity index (χ2n) is 4.32. The van der Waals surface area contributed by atoms with E-state index in [9.17, 15) is 4.79 Å². The van der Waals surface area contributed by atoms with Crippen molar-refractivity contribution >= 4 is 45.3 Å². The third-order valence-electron chi connectivity index (χ3n) is 2.81. The lowest BCUT2D eigenvalue weighted by Gasteiger charge is -2.12. The molecule has 1 aromatic carbocycles. The zero-order valence-electron chi connectivity index (χ0n) is 11.4. The Bertz CT molecular complexity index is 690. The van der Waals surface area contributed by atoms with Crippen LogP contribution in [0, 0.1) is 6.92 Å². The van der Waals surface area contributed by atoms with Gasteiger partial charge >= 0.3 is 5.97 Å². The average Bonchev–Trinajstić information content (AvgIpc) is 2.83. The normalized spacial score (nSPS) is 10.9. The number of rotatable bonds is 5. The van der Waals surface area contributed by atoms with Gasteiger partial charge in [0.2, 0.25) is 0 Å². The Balaban J connectivity index is 2.53. The van der Waals surface area contributed by atoms with E-state index in [0.29, 0.717) is 16.6 Å². The minimum absolute atomic E-state index is 0.0704. The van der Waals surface area contributed by atoms with Gasteiger partial charge in [-0.25, -0.2) is 0 Å². The van der Waals surface area contributed by atoms with Crippen LogP contribution < -0.4 is 0 Å². The number of aliphatic carboxylic acids is 1. The van der Waals surface area contributed by atoms with Crippen LogP contribution in [0.15, 0.2) is 21.8 Å². The molecule has 0 radical (unpaired) electrons. The number of carboxylic acids is 1. The van der Waals surface area contributed by atoms with E-state index < -0.39 is 5.97 Å². The van der Waals surface area contributed by atoms with Crippen molar-refractivity contribution in [2.75, 3.05) is 5.75 Å². The van der Waals surface area contributed by atoms with Crippen LogP contribution in [0.2, 0.25) is 5.02 Å². The van der Waals surface area contributed by atoms with Crippen LogP contribution >= 0.6 is 39.3 Å². The van der Waals surface area contributed by atoms with Crippen LogP contribution in [0.3, 0.4) is 0 Å². The van der Waals surface area contributed by atoms with E-state index in [0.717, 1.165) is 33.3 Å². The summed E-state index contributed by atoms with van der Waals surface area (Å²) < 4.78 is 2.69. The first-order valence-electron chi connectivity index (χ1n) is 6.19. The van der Waals surface area contributed by atoms with Gasteiger partial charge in [0.15, 0.2) is 5.16 Å². The number of aryl methyl sites for hydroxylation is 2. The highest BCUT2D eigenvalue weighted by Crippen LogP contribution is 2.31. The number of hydrogen-bond acceptors (Lipinski definition) is 4. The first-order chi connectivity index (χ1) is 9.93. The number of thioether (sulfide) groups is 1. The molecule has 0 spiro atoms. The van der Waals surface area contributed by atoms with Gasteiger partial charge in [-0.2, -0.15) is 0 Å².